The zero-order valence-corrected chi connectivity index (χ0v) is 16.6. The highest BCUT2D eigenvalue weighted by atomic mass is 16.2. The fraction of sp³-hybridized carbons (Fsp3) is 0.318. The van der Waals surface area contributed by atoms with Gasteiger partial charge in [-0.2, -0.15) is 0 Å². The van der Waals surface area contributed by atoms with Crippen molar-refractivity contribution in [3.8, 4) is 0 Å². The Balaban J connectivity index is 1.62. The number of pyridine rings is 1. The van der Waals surface area contributed by atoms with Gasteiger partial charge in [-0.05, 0) is 43.5 Å². The van der Waals surface area contributed by atoms with Crippen LogP contribution in [0.4, 0.5) is 22.0 Å². The second-order valence-corrected chi connectivity index (χ2v) is 7.06. The third-order valence-electron chi connectivity index (χ3n) is 5.01. The van der Waals surface area contributed by atoms with Crippen molar-refractivity contribution in [1.29, 1.82) is 0 Å². The van der Waals surface area contributed by atoms with E-state index in [4.69, 9.17) is 0 Å². The smallest absolute Gasteiger partial charge is 0.323 e. The number of urea groups is 1. The third-order valence-corrected chi connectivity index (χ3v) is 5.01. The fourth-order valence-corrected chi connectivity index (χ4v) is 3.41. The molecular formula is C22H27N5O2. The standard InChI is InChI=1S/C22H27N5O2/c1-3-12-24-21(28)17-10-14-27(15-11-17)20-19(9-6-13-23-20)26-22(29)25-18-8-5-4-7-16(18)2/h3-9,13,17H,1,10-12,14-15H2,2H3,(H,24,28)(H2,25,26,29). The molecule has 0 saturated carbocycles. The molecule has 1 saturated heterocycles. The molecule has 0 bridgehead atoms. The Labute approximate surface area is 171 Å². The summed E-state index contributed by atoms with van der Waals surface area (Å²) in [6.07, 6.45) is 4.88. The molecule has 29 heavy (non-hydrogen) atoms. The molecule has 0 spiro atoms. The number of anilines is 3. The first kappa shape index (κ1) is 20.4. The summed E-state index contributed by atoms with van der Waals surface area (Å²) in [5, 5.41) is 8.64. The van der Waals surface area contributed by atoms with Gasteiger partial charge in [0.2, 0.25) is 5.91 Å². The van der Waals surface area contributed by atoms with Gasteiger partial charge >= 0.3 is 6.03 Å². The van der Waals surface area contributed by atoms with E-state index in [9.17, 15) is 9.59 Å². The number of amides is 3. The lowest BCUT2D eigenvalue weighted by molar-refractivity contribution is -0.125. The lowest BCUT2D eigenvalue weighted by atomic mass is 9.96. The predicted molar refractivity (Wildman–Crippen MR) is 116 cm³/mol. The second-order valence-electron chi connectivity index (χ2n) is 7.06. The van der Waals surface area contributed by atoms with Crippen molar-refractivity contribution in [2.24, 2.45) is 5.92 Å². The predicted octanol–water partition coefficient (Wildman–Crippen LogP) is 3.55. The van der Waals surface area contributed by atoms with E-state index in [0.717, 1.165) is 29.9 Å². The van der Waals surface area contributed by atoms with Gasteiger partial charge in [-0.25, -0.2) is 9.78 Å². The summed E-state index contributed by atoms with van der Waals surface area (Å²) in [5.74, 6) is 0.787. The lowest BCUT2D eigenvalue weighted by Gasteiger charge is -2.33. The number of para-hydroxylation sites is 1. The van der Waals surface area contributed by atoms with Crippen LogP contribution in [0.5, 0.6) is 0 Å². The van der Waals surface area contributed by atoms with Crippen LogP contribution in [0.3, 0.4) is 0 Å². The molecule has 1 fully saturated rings. The number of nitrogens with zero attached hydrogens (tertiary/aromatic N) is 2. The molecule has 0 aliphatic carbocycles. The Bertz CT molecular complexity index is 875. The van der Waals surface area contributed by atoms with Crippen molar-refractivity contribution < 1.29 is 9.59 Å². The van der Waals surface area contributed by atoms with Gasteiger partial charge in [0.1, 0.15) is 0 Å². The first-order valence-corrected chi connectivity index (χ1v) is 9.80. The molecule has 3 rings (SSSR count). The highest BCUT2D eigenvalue weighted by Gasteiger charge is 2.26. The summed E-state index contributed by atoms with van der Waals surface area (Å²) in [6, 6.07) is 10.9. The Hall–Kier alpha value is -3.35. The largest absolute Gasteiger partial charge is 0.355 e. The maximum atomic E-state index is 12.5. The van der Waals surface area contributed by atoms with Gasteiger partial charge < -0.3 is 20.9 Å². The number of carbonyl (C=O) groups excluding carboxylic acids is 2. The highest BCUT2D eigenvalue weighted by molar-refractivity contribution is 6.01. The van der Waals surface area contributed by atoms with E-state index in [1.165, 1.54) is 0 Å². The van der Waals surface area contributed by atoms with E-state index in [1.807, 2.05) is 37.3 Å². The number of nitrogens with one attached hydrogen (secondary N) is 3. The first-order valence-electron chi connectivity index (χ1n) is 9.80. The van der Waals surface area contributed by atoms with Crippen LogP contribution < -0.4 is 20.9 Å². The normalized spacial score (nSPS) is 14.2. The van der Waals surface area contributed by atoms with Crippen molar-refractivity contribution in [1.82, 2.24) is 10.3 Å². The van der Waals surface area contributed by atoms with Crippen LogP contribution in [0.2, 0.25) is 0 Å². The molecule has 1 aromatic heterocycles. The van der Waals surface area contributed by atoms with Gasteiger partial charge in [0, 0.05) is 37.4 Å². The number of aryl methyl sites for hydroxylation is 1. The molecule has 0 unspecified atom stereocenters. The number of hydrogen-bond acceptors (Lipinski definition) is 4. The summed E-state index contributed by atoms with van der Waals surface area (Å²) in [6.45, 7) is 7.47. The van der Waals surface area contributed by atoms with Crippen molar-refractivity contribution >= 4 is 29.1 Å². The van der Waals surface area contributed by atoms with Crippen LogP contribution >= 0.6 is 0 Å². The number of carbonyl (C=O) groups is 2. The van der Waals surface area contributed by atoms with Crippen molar-refractivity contribution in [3.05, 3.63) is 60.8 Å². The Morgan fingerprint density at radius 3 is 2.55 bits per heavy atom. The number of benzene rings is 1. The topological polar surface area (TPSA) is 86.4 Å². The van der Waals surface area contributed by atoms with Gasteiger partial charge in [0.05, 0.1) is 5.69 Å². The minimum absolute atomic E-state index is 0.00400. The SMILES string of the molecule is C=CCNC(=O)C1CCN(c2ncccc2NC(=O)Nc2ccccc2C)CC1. The molecule has 7 nitrogen and oxygen atoms in total. The van der Waals surface area contributed by atoms with Crippen LogP contribution in [-0.2, 0) is 4.79 Å². The maximum absolute atomic E-state index is 12.5. The van der Waals surface area contributed by atoms with E-state index in [1.54, 1.807) is 18.3 Å². The molecule has 3 N–H and O–H groups in total. The number of aromatic nitrogens is 1. The highest BCUT2D eigenvalue weighted by Crippen LogP contribution is 2.28. The molecule has 152 valence electrons. The molecule has 3 amide bonds. The quantitative estimate of drug-likeness (QED) is 0.655. The van der Waals surface area contributed by atoms with Crippen molar-refractivity contribution in [2.75, 3.05) is 35.2 Å². The molecular weight excluding hydrogens is 366 g/mol. The molecule has 0 radical (unpaired) electrons. The zero-order valence-electron chi connectivity index (χ0n) is 16.6. The van der Waals surface area contributed by atoms with Crippen molar-refractivity contribution in [3.63, 3.8) is 0 Å². The summed E-state index contributed by atoms with van der Waals surface area (Å²) in [4.78, 5) is 31.2. The summed E-state index contributed by atoms with van der Waals surface area (Å²) < 4.78 is 0. The van der Waals surface area contributed by atoms with Crippen molar-refractivity contribution in [2.45, 2.75) is 19.8 Å². The average molecular weight is 393 g/mol. The van der Waals surface area contributed by atoms with Gasteiger partial charge in [0.25, 0.3) is 0 Å². The number of piperidine rings is 1. The minimum Gasteiger partial charge on any atom is -0.355 e. The monoisotopic (exact) mass is 393 g/mol. The Kier molecular flexibility index (Phi) is 6.84. The van der Waals surface area contributed by atoms with E-state index in [-0.39, 0.29) is 17.9 Å². The molecule has 1 aliphatic rings. The summed E-state index contributed by atoms with van der Waals surface area (Å²) >= 11 is 0. The van der Waals surface area contributed by atoms with Gasteiger partial charge in [-0.15, -0.1) is 6.58 Å². The van der Waals surface area contributed by atoms with Crippen LogP contribution in [0.25, 0.3) is 0 Å². The lowest BCUT2D eigenvalue weighted by Crippen LogP contribution is -2.41. The Morgan fingerprint density at radius 2 is 1.83 bits per heavy atom. The molecule has 7 heteroatoms. The average Bonchev–Trinajstić information content (AvgIpc) is 2.74. The van der Waals surface area contributed by atoms with E-state index >= 15 is 0 Å². The summed E-state index contributed by atoms with van der Waals surface area (Å²) in [5.41, 5.74) is 2.40. The minimum atomic E-state index is -0.313. The van der Waals surface area contributed by atoms with Crippen LogP contribution in [0.15, 0.2) is 55.3 Å². The third kappa shape index (κ3) is 5.34. The fourth-order valence-electron chi connectivity index (χ4n) is 3.41. The van der Waals surface area contributed by atoms with Crippen LogP contribution in [0.1, 0.15) is 18.4 Å². The van der Waals surface area contributed by atoms with E-state index < -0.39 is 0 Å². The number of rotatable bonds is 6. The van der Waals surface area contributed by atoms with Gasteiger partial charge in [-0.1, -0.05) is 24.3 Å². The number of hydrogen-bond donors (Lipinski definition) is 3. The van der Waals surface area contributed by atoms with Gasteiger partial charge in [-0.3, -0.25) is 4.79 Å². The molecule has 1 aromatic carbocycles. The second kappa shape index (κ2) is 9.73. The molecule has 2 heterocycles. The first-order chi connectivity index (χ1) is 14.1. The zero-order chi connectivity index (χ0) is 20.6. The summed E-state index contributed by atoms with van der Waals surface area (Å²) in [7, 11) is 0. The van der Waals surface area contributed by atoms with Crippen LogP contribution in [0, 0.1) is 12.8 Å². The molecule has 2 aromatic rings. The molecule has 1 aliphatic heterocycles. The molecule has 0 atom stereocenters. The van der Waals surface area contributed by atoms with Crippen LogP contribution in [-0.4, -0.2) is 36.6 Å². The van der Waals surface area contributed by atoms with Gasteiger partial charge in [0.15, 0.2) is 5.82 Å². The Morgan fingerprint density at radius 1 is 1.14 bits per heavy atom. The maximum Gasteiger partial charge on any atom is 0.323 e. The van der Waals surface area contributed by atoms with E-state index in [0.29, 0.717) is 25.3 Å². The van der Waals surface area contributed by atoms with E-state index in [2.05, 4.69) is 32.4 Å².